The highest BCUT2D eigenvalue weighted by atomic mass is 32.2. The number of hydrogen-bond acceptors (Lipinski definition) is 4. The SMILES string of the molecule is CCSC1CCCC1Nc1ccc(C#N)nc1. The Morgan fingerprint density at radius 2 is 2.41 bits per heavy atom. The van der Waals surface area contributed by atoms with Crippen molar-refractivity contribution in [3.05, 3.63) is 24.0 Å². The Hall–Kier alpha value is -1.21. The second-order valence-corrected chi connectivity index (χ2v) is 5.74. The molecule has 4 heteroatoms. The van der Waals surface area contributed by atoms with Crippen molar-refractivity contribution in [2.24, 2.45) is 0 Å². The largest absolute Gasteiger partial charge is 0.380 e. The molecular formula is C13H17N3S. The Balaban J connectivity index is 1.97. The number of nitrogens with zero attached hydrogens (tertiary/aromatic N) is 2. The van der Waals surface area contributed by atoms with Crippen LogP contribution in [-0.2, 0) is 0 Å². The van der Waals surface area contributed by atoms with Crippen LogP contribution in [0, 0.1) is 11.3 Å². The average Bonchev–Trinajstić information content (AvgIpc) is 2.78. The summed E-state index contributed by atoms with van der Waals surface area (Å²) in [5.74, 6) is 1.18. The van der Waals surface area contributed by atoms with Gasteiger partial charge in [-0.3, -0.25) is 0 Å². The molecule has 0 aliphatic heterocycles. The number of anilines is 1. The summed E-state index contributed by atoms with van der Waals surface area (Å²) < 4.78 is 0. The van der Waals surface area contributed by atoms with Crippen LogP contribution in [0.4, 0.5) is 5.69 Å². The second-order valence-electron chi connectivity index (χ2n) is 4.22. The standard InChI is InChI=1S/C13H17N3S/c1-2-17-13-5-3-4-12(13)16-11-7-6-10(8-14)15-9-11/h6-7,9,12-13,16H,2-5H2,1H3. The Morgan fingerprint density at radius 3 is 3.06 bits per heavy atom. The van der Waals surface area contributed by atoms with Gasteiger partial charge in [0.15, 0.2) is 0 Å². The molecule has 0 amide bonds. The van der Waals surface area contributed by atoms with Crippen LogP contribution < -0.4 is 5.32 Å². The average molecular weight is 247 g/mol. The molecule has 0 bridgehead atoms. The second kappa shape index (κ2) is 5.92. The first-order valence-electron chi connectivity index (χ1n) is 6.07. The molecule has 1 aliphatic carbocycles. The summed E-state index contributed by atoms with van der Waals surface area (Å²) in [7, 11) is 0. The molecule has 2 atom stereocenters. The highest BCUT2D eigenvalue weighted by molar-refractivity contribution is 7.99. The summed E-state index contributed by atoms with van der Waals surface area (Å²) >= 11 is 2.04. The molecule has 1 aromatic heterocycles. The highest BCUT2D eigenvalue weighted by Crippen LogP contribution is 2.31. The minimum Gasteiger partial charge on any atom is -0.380 e. The molecule has 1 fully saturated rings. The van der Waals surface area contributed by atoms with Gasteiger partial charge in [0.25, 0.3) is 0 Å². The minimum atomic E-state index is 0.474. The Morgan fingerprint density at radius 1 is 1.53 bits per heavy atom. The van der Waals surface area contributed by atoms with Crippen molar-refractivity contribution >= 4 is 17.4 Å². The Kier molecular flexibility index (Phi) is 4.27. The van der Waals surface area contributed by atoms with Gasteiger partial charge in [-0.25, -0.2) is 4.98 Å². The van der Waals surface area contributed by atoms with Crippen molar-refractivity contribution < 1.29 is 0 Å². The molecule has 0 saturated heterocycles. The monoisotopic (exact) mass is 247 g/mol. The van der Waals surface area contributed by atoms with Crippen molar-refractivity contribution in [3.63, 3.8) is 0 Å². The predicted molar refractivity (Wildman–Crippen MR) is 72.1 cm³/mol. The van der Waals surface area contributed by atoms with Crippen LogP contribution in [0.5, 0.6) is 0 Å². The first-order chi connectivity index (χ1) is 8.33. The van der Waals surface area contributed by atoms with Gasteiger partial charge in [-0.1, -0.05) is 13.3 Å². The van der Waals surface area contributed by atoms with E-state index in [0.29, 0.717) is 11.7 Å². The molecule has 1 aliphatic rings. The Bertz CT molecular complexity index is 396. The van der Waals surface area contributed by atoms with Gasteiger partial charge < -0.3 is 5.32 Å². The lowest BCUT2D eigenvalue weighted by Gasteiger charge is -2.21. The van der Waals surface area contributed by atoms with Crippen LogP contribution in [0.25, 0.3) is 0 Å². The predicted octanol–water partition coefficient (Wildman–Crippen LogP) is 3.04. The zero-order valence-corrected chi connectivity index (χ0v) is 10.8. The minimum absolute atomic E-state index is 0.474. The van der Waals surface area contributed by atoms with Crippen molar-refractivity contribution in [3.8, 4) is 6.07 Å². The molecule has 1 aromatic rings. The number of hydrogen-bond donors (Lipinski definition) is 1. The molecule has 2 rings (SSSR count). The molecule has 0 radical (unpaired) electrons. The highest BCUT2D eigenvalue weighted by Gasteiger charge is 2.26. The van der Waals surface area contributed by atoms with Crippen molar-refractivity contribution in [2.75, 3.05) is 11.1 Å². The molecule has 2 unspecified atom stereocenters. The van der Waals surface area contributed by atoms with Gasteiger partial charge in [0, 0.05) is 11.3 Å². The van der Waals surface area contributed by atoms with Crippen LogP contribution in [0.15, 0.2) is 18.3 Å². The quantitative estimate of drug-likeness (QED) is 0.888. The van der Waals surface area contributed by atoms with Crippen molar-refractivity contribution in [1.82, 2.24) is 4.98 Å². The van der Waals surface area contributed by atoms with E-state index >= 15 is 0 Å². The molecule has 90 valence electrons. The number of pyridine rings is 1. The lowest BCUT2D eigenvalue weighted by atomic mass is 10.2. The number of aromatic nitrogens is 1. The lowest BCUT2D eigenvalue weighted by molar-refractivity contribution is 0.767. The van der Waals surface area contributed by atoms with Crippen LogP contribution in [0.3, 0.4) is 0 Å². The summed E-state index contributed by atoms with van der Waals surface area (Å²) in [5.41, 5.74) is 1.50. The molecule has 1 heterocycles. The maximum atomic E-state index is 8.69. The summed E-state index contributed by atoms with van der Waals surface area (Å²) in [5, 5.41) is 12.9. The van der Waals surface area contributed by atoms with Crippen LogP contribution in [0.2, 0.25) is 0 Å². The van der Waals surface area contributed by atoms with E-state index in [9.17, 15) is 0 Å². The van der Waals surface area contributed by atoms with Crippen molar-refractivity contribution in [2.45, 2.75) is 37.5 Å². The fraction of sp³-hybridized carbons (Fsp3) is 0.538. The van der Waals surface area contributed by atoms with Gasteiger partial charge >= 0.3 is 0 Å². The number of rotatable bonds is 4. The van der Waals surface area contributed by atoms with Crippen LogP contribution >= 0.6 is 11.8 Å². The van der Waals surface area contributed by atoms with Crippen LogP contribution in [-0.4, -0.2) is 22.0 Å². The fourth-order valence-corrected chi connectivity index (χ4v) is 3.46. The first kappa shape index (κ1) is 12.3. The molecule has 1 N–H and O–H groups in total. The third kappa shape index (κ3) is 3.13. The lowest BCUT2D eigenvalue weighted by Crippen LogP contribution is -2.26. The number of nitriles is 1. The van der Waals surface area contributed by atoms with Gasteiger partial charge in [-0.05, 0) is 30.7 Å². The zero-order chi connectivity index (χ0) is 12.1. The third-order valence-corrected chi connectivity index (χ3v) is 4.39. The molecule has 3 nitrogen and oxygen atoms in total. The van der Waals surface area contributed by atoms with Gasteiger partial charge in [0.2, 0.25) is 0 Å². The normalized spacial score (nSPS) is 23.3. The van der Waals surface area contributed by atoms with E-state index in [-0.39, 0.29) is 0 Å². The third-order valence-electron chi connectivity index (χ3n) is 3.06. The van der Waals surface area contributed by atoms with Gasteiger partial charge in [-0.15, -0.1) is 0 Å². The smallest absolute Gasteiger partial charge is 0.140 e. The first-order valence-corrected chi connectivity index (χ1v) is 7.12. The molecule has 0 spiro atoms. The van der Waals surface area contributed by atoms with Gasteiger partial charge in [0.05, 0.1) is 11.9 Å². The molecule has 17 heavy (non-hydrogen) atoms. The van der Waals surface area contributed by atoms with E-state index in [0.717, 1.165) is 10.9 Å². The summed E-state index contributed by atoms with van der Waals surface area (Å²) in [6, 6.07) is 6.29. The van der Waals surface area contributed by atoms with Gasteiger partial charge in [0.1, 0.15) is 11.8 Å². The summed E-state index contributed by atoms with van der Waals surface area (Å²) in [6.07, 6.45) is 5.60. The molecule has 1 saturated carbocycles. The number of thioether (sulfide) groups is 1. The maximum Gasteiger partial charge on any atom is 0.140 e. The molecular weight excluding hydrogens is 230 g/mol. The van der Waals surface area contributed by atoms with E-state index in [1.54, 1.807) is 12.3 Å². The van der Waals surface area contributed by atoms with E-state index in [4.69, 9.17) is 5.26 Å². The van der Waals surface area contributed by atoms with Crippen LogP contribution in [0.1, 0.15) is 31.9 Å². The topological polar surface area (TPSA) is 48.7 Å². The van der Waals surface area contributed by atoms with Gasteiger partial charge in [-0.2, -0.15) is 17.0 Å². The Labute approximate surface area is 107 Å². The fourth-order valence-electron chi connectivity index (χ4n) is 2.26. The maximum absolute atomic E-state index is 8.69. The van der Waals surface area contributed by atoms with E-state index < -0.39 is 0 Å². The zero-order valence-electron chi connectivity index (χ0n) is 10.0. The van der Waals surface area contributed by atoms with Crippen molar-refractivity contribution in [1.29, 1.82) is 5.26 Å². The summed E-state index contributed by atoms with van der Waals surface area (Å²) in [4.78, 5) is 4.08. The summed E-state index contributed by atoms with van der Waals surface area (Å²) in [6.45, 7) is 2.21. The van der Waals surface area contributed by atoms with E-state index in [2.05, 4.69) is 17.2 Å². The van der Waals surface area contributed by atoms with E-state index in [1.807, 2.05) is 23.9 Å². The molecule has 0 aromatic carbocycles. The number of nitrogens with one attached hydrogen (secondary N) is 1. The van der Waals surface area contributed by atoms with E-state index in [1.165, 1.54) is 25.0 Å².